The van der Waals surface area contributed by atoms with Crippen LogP contribution in [0.3, 0.4) is 0 Å². The van der Waals surface area contributed by atoms with Gasteiger partial charge in [0.15, 0.2) is 0 Å². The zero-order valence-electron chi connectivity index (χ0n) is 2.81. The Morgan fingerprint density at radius 3 is 1.33 bits per heavy atom. The molecule has 0 unspecified atom stereocenters. The number of hydrogen-bond acceptors (Lipinski definition) is 3. The summed E-state index contributed by atoms with van der Waals surface area (Å²) in [5.41, 5.74) is 0. The SMILES string of the molecule is O=C([O-])[O-].[Ca+2].[Eu+3]. The van der Waals surface area contributed by atoms with Crippen LogP contribution in [0.25, 0.3) is 0 Å². The van der Waals surface area contributed by atoms with Gasteiger partial charge in [-0.1, -0.05) is 0 Å². The van der Waals surface area contributed by atoms with Crippen molar-refractivity contribution in [3.63, 3.8) is 0 Å². The second-order valence-corrected chi connectivity index (χ2v) is 0.250. The van der Waals surface area contributed by atoms with E-state index in [1.54, 1.807) is 0 Å². The van der Waals surface area contributed by atoms with Gasteiger partial charge >= 0.3 is 87.1 Å². The first-order chi connectivity index (χ1) is 1.73. The van der Waals surface area contributed by atoms with Crippen molar-refractivity contribution in [2.75, 3.05) is 0 Å². The number of carboxylic acid groups (broad SMARTS) is 2. The summed E-state index contributed by atoms with van der Waals surface area (Å²) in [6.07, 6.45) is -2.33. The molecule has 0 aliphatic heterocycles. The average molecular weight is 252 g/mol. The summed E-state index contributed by atoms with van der Waals surface area (Å²) in [5, 5.41) is 16.7. The van der Waals surface area contributed by atoms with Gasteiger partial charge in [0.1, 0.15) is 0 Å². The molecule has 0 heterocycles. The summed E-state index contributed by atoms with van der Waals surface area (Å²) in [6, 6.07) is 0. The molecule has 0 aromatic carbocycles. The number of carbonyl (C=O) groups excluding carboxylic acids is 1. The Hall–Kier alpha value is 2.11. The second-order valence-electron chi connectivity index (χ2n) is 0.250. The second kappa shape index (κ2) is 10.2. The molecule has 0 atom stereocenters. The third-order valence-corrected chi connectivity index (χ3v) is 0. The maximum absolute atomic E-state index is 8.33. The van der Waals surface area contributed by atoms with E-state index in [4.69, 9.17) is 15.0 Å². The van der Waals surface area contributed by atoms with E-state index in [1.165, 1.54) is 0 Å². The van der Waals surface area contributed by atoms with Gasteiger partial charge in [0.25, 0.3) is 0 Å². The summed E-state index contributed by atoms with van der Waals surface area (Å²) in [7, 11) is 0. The third-order valence-electron chi connectivity index (χ3n) is 0. The van der Waals surface area contributed by atoms with Gasteiger partial charge in [0, 0.05) is 0 Å². The van der Waals surface area contributed by atoms with Crippen molar-refractivity contribution in [2.45, 2.75) is 0 Å². The minimum Gasteiger partial charge on any atom is -0.652 e. The van der Waals surface area contributed by atoms with E-state index >= 15 is 0 Å². The molecule has 0 aliphatic rings. The van der Waals surface area contributed by atoms with Gasteiger partial charge in [-0.3, -0.25) is 0 Å². The molecule has 3 nitrogen and oxygen atoms in total. The fourth-order valence-electron chi connectivity index (χ4n) is 0. The summed E-state index contributed by atoms with van der Waals surface area (Å²) >= 11 is 0. The third kappa shape index (κ3) is 35.8. The first-order valence-electron chi connectivity index (χ1n) is 0.612. The molecule has 6 heavy (non-hydrogen) atoms. The van der Waals surface area contributed by atoms with Gasteiger partial charge in [-0.25, -0.2) is 0 Å². The molecule has 0 saturated carbocycles. The number of rotatable bonds is 0. The van der Waals surface area contributed by atoms with Crippen molar-refractivity contribution in [1.82, 2.24) is 0 Å². The molecular formula is CCaEuO3+3. The van der Waals surface area contributed by atoms with Crippen LogP contribution in [0.4, 0.5) is 4.79 Å². The van der Waals surface area contributed by atoms with Crippen LogP contribution in [0.5, 0.6) is 0 Å². The Balaban J connectivity index is -0.0000000450. The van der Waals surface area contributed by atoms with Crippen LogP contribution in [0.2, 0.25) is 0 Å². The first kappa shape index (κ1) is 15.7. The summed E-state index contributed by atoms with van der Waals surface area (Å²) in [4.78, 5) is 8.33. The molecule has 0 radical (unpaired) electrons. The molecule has 0 rings (SSSR count). The Morgan fingerprint density at radius 2 is 1.33 bits per heavy atom. The van der Waals surface area contributed by atoms with Crippen molar-refractivity contribution in [1.29, 1.82) is 0 Å². The van der Waals surface area contributed by atoms with Crippen LogP contribution < -0.4 is 10.2 Å². The van der Waals surface area contributed by atoms with E-state index < -0.39 is 6.16 Å². The zero-order chi connectivity index (χ0) is 3.58. The Bertz CT molecular complexity index is 33.8. The van der Waals surface area contributed by atoms with Crippen LogP contribution >= 0.6 is 0 Å². The van der Waals surface area contributed by atoms with Crippen LogP contribution in [0.15, 0.2) is 0 Å². The average Bonchev–Trinajstić information content (AvgIpc) is 0.811. The van der Waals surface area contributed by atoms with Crippen LogP contribution in [0, 0.1) is 49.4 Å². The monoisotopic (exact) mass is 253 g/mol. The van der Waals surface area contributed by atoms with E-state index in [2.05, 4.69) is 0 Å². The molecule has 0 amide bonds. The minimum absolute atomic E-state index is 0. The minimum atomic E-state index is -2.33. The number of carbonyl (C=O) groups is 1. The van der Waals surface area contributed by atoms with Gasteiger partial charge in [0.2, 0.25) is 0 Å². The summed E-state index contributed by atoms with van der Waals surface area (Å²) < 4.78 is 0. The summed E-state index contributed by atoms with van der Waals surface area (Å²) in [5.74, 6) is 0. The number of hydrogen-bond donors (Lipinski definition) is 0. The van der Waals surface area contributed by atoms with Crippen LogP contribution in [0.1, 0.15) is 0 Å². The van der Waals surface area contributed by atoms with E-state index in [1.807, 2.05) is 0 Å². The van der Waals surface area contributed by atoms with Gasteiger partial charge < -0.3 is 15.0 Å². The van der Waals surface area contributed by atoms with E-state index in [-0.39, 0.29) is 87.1 Å². The maximum Gasteiger partial charge on any atom is 3.00 e. The molecule has 5 heteroatoms. The quantitative estimate of drug-likeness (QED) is 0.437. The van der Waals surface area contributed by atoms with Gasteiger partial charge in [0.05, 0.1) is 0 Å². The largest absolute Gasteiger partial charge is 3.00 e. The van der Waals surface area contributed by atoms with E-state index in [0.29, 0.717) is 0 Å². The topological polar surface area (TPSA) is 63.2 Å². The summed E-state index contributed by atoms with van der Waals surface area (Å²) in [6.45, 7) is 0. The van der Waals surface area contributed by atoms with Crippen molar-refractivity contribution in [2.24, 2.45) is 0 Å². The predicted octanol–water partition coefficient (Wildman–Crippen LogP) is -2.83. The fraction of sp³-hybridized carbons (Fsp3) is 0. The standard InChI is InChI=1S/CH2O3.Ca.Eu/c2-1(3)4;;/h(H2,2,3,4);;/q;+2;+3/p-2. The molecule has 0 aromatic rings. The molecule has 0 bridgehead atoms. The van der Waals surface area contributed by atoms with Crippen molar-refractivity contribution in [3.05, 3.63) is 0 Å². The van der Waals surface area contributed by atoms with Gasteiger partial charge in [-0.05, 0) is 6.16 Å². The predicted molar refractivity (Wildman–Crippen MR) is 11.1 cm³/mol. The Labute approximate surface area is 106 Å². The fourth-order valence-corrected chi connectivity index (χ4v) is 0. The van der Waals surface area contributed by atoms with Crippen molar-refractivity contribution >= 4 is 43.9 Å². The molecular weight excluding hydrogens is 252 g/mol. The molecule has 0 spiro atoms. The smallest absolute Gasteiger partial charge is 0.652 e. The van der Waals surface area contributed by atoms with Crippen LogP contribution in [-0.4, -0.2) is 43.9 Å². The molecule has 28 valence electrons. The molecule has 0 aromatic heterocycles. The molecule has 0 saturated heterocycles. The van der Waals surface area contributed by atoms with Crippen molar-refractivity contribution in [3.8, 4) is 0 Å². The van der Waals surface area contributed by atoms with E-state index in [0.717, 1.165) is 0 Å². The zero-order valence-corrected chi connectivity index (χ0v) is 7.44. The molecule has 0 aliphatic carbocycles. The van der Waals surface area contributed by atoms with Gasteiger partial charge in [-0.2, -0.15) is 0 Å². The molecule has 0 N–H and O–H groups in total. The molecule has 0 fully saturated rings. The van der Waals surface area contributed by atoms with Gasteiger partial charge in [-0.15, -0.1) is 0 Å². The van der Waals surface area contributed by atoms with Crippen LogP contribution in [-0.2, 0) is 0 Å². The van der Waals surface area contributed by atoms with E-state index in [9.17, 15) is 0 Å². The Kier molecular flexibility index (Phi) is 26.6. The maximum atomic E-state index is 8.33. The normalized spacial score (nSPS) is 4.00. The Morgan fingerprint density at radius 1 is 1.33 bits per heavy atom. The first-order valence-corrected chi connectivity index (χ1v) is 0.612. The van der Waals surface area contributed by atoms with Crippen molar-refractivity contribution < 1.29 is 64.4 Å².